The van der Waals surface area contributed by atoms with Crippen LogP contribution >= 0.6 is 0 Å². The zero-order chi connectivity index (χ0) is 15.5. The highest BCUT2D eigenvalue weighted by Crippen LogP contribution is 2.36. The molecule has 0 N–H and O–H groups in total. The summed E-state index contributed by atoms with van der Waals surface area (Å²) in [5, 5.41) is 4.52. The lowest BCUT2D eigenvalue weighted by Crippen LogP contribution is -2.28. The highest BCUT2D eigenvalue weighted by Gasteiger charge is 2.31. The first-order valence-corrected chi connectivity index (χ1v) is 7.61. The molecule has 5 heteroatoms. The molecule has 22 heavy (non-hydrogen) atoms. The number of ether oxygens (including phenoxy) is 1. The lowest BCUT2D eigenvalue weighted by Gasteiger charge is -2.22. The Kier molecular flexibility index (Phi) is 4.13. The van der Waals surface area contributed by atoms with Crippen molar-refractivity contribution in [3.63, 3.8) is 0 Å². The van der Waals surface area contributed by atoms with Crippen LogP contribution in [0.15, 0.2) is 36.5 Å². The Morgan fingerprint density at radius 2 is 2.14 bits per heavy atom. The highest BCUT2D eigenvalue weighted by molar-refractivity contribution is 5.74. The van der Waals surface area contributed by atoms with Crippen LogP contribution in [0.2, 0.25) is 0 Å². The summed E-state index contributed by atoms with van der Waals surface area (Å²) in [4.78, 5) is 13.7. The number of likely N-dealkylation sites (tertiary alicyclic amines) is 1. The van der Waals surface area contributed by atoms with Crippen molar-refractivity contribution in [2.75, 3.05) is 13.7 Å². The van der Waals surface area contributed by atoms with Gasteiger partial charge in [0.15, 0.2) is 0 Å². The Bertz CT molecular complexity index is 651. The normalized spacial score (nSPS) is 17.7. The van der Waals surface area contributed by atoms with E-state index in [4.69, 9.17) is 4.74 Å². The van der Waals surface area contributed by atoms with Gasteiger partial charge in [-0.1, -0.05) is 30.3 Å². The summed E-state index contributed by atoms with van der Waals surface area (Å²) in [7, 11) is 1.63. The second-order valence-electron chi connectivity index (χ2n) is 5.65. The molecule has 0 spiro atoms. The molecule has 1 aliphatic rings. The van der Waals surface area contributed by atoms with Gasteiger partial charge in [-0.25, -0.2) is 0 Å². The zero-order valence-corrected chi connectivity index (χ0v) is 13.0. The number of methoxy groups -OCH3 is 1. The van der Waals surface area contributed by atoms with Gasteiger partial charge in [0, 0.05) is 19.7 Å². The van der Waals surface area contributed by atoms with Crippen molar-refractivity contribution in [2.45, 2.75) is 32.4 Å². The maximum Gasteiger partial charge on any atom is 0.237 e. The predicted octanol–water partition coefficient (Wildman–Crippen LogP) is 2.62. The molecule has 3 rings (SSSR count). The van der Waals surface area contributed by atoms with Crippen LogP contribution in [-0.4, -0.2) is 34.2 Å². The first-order valence-electron chi connectivity index (χ1n) is 7.61. The van der Waals surface area contributed by atoms with E-state index in [0.29, 0.717) is 12.4 Å². The number of amides is 1. The molecular weight excluding hydrogens is 278 g/mol. The van der Waals surface area contributed by atoms with Gasteiger partial charge in [-0.3, -0.25) is 9.48 Å². The van der Waals surface area contributed by atoms with Crippen molar-refractivity contribution >= 4 is 5.91 Å². The summed E-state index contributed by atoms with van der Waals surface area (Å²) in [6, 6.07) is 10.3. The lowest BCUT2D eigenvalue weighted by molar-refractivity contribution is -0.129. The average molecular weight is 299 g/mol. The van der Waals surface area contributed by atoms with Crippen molar-refractivity contribution in [2.24, 2.45) is 0 Å². The molecule has 116 valence electrons. The van der Waals surface area contributed by atoms with E-state index in [2.05, 4.69) is 17.2 Å². The molecule has 2 aromatic rings. The topological polar surface area (TPSA) is 47.4 Å². The van der Waals surface area contributed by atoms with Crippen molar-refractivity contribution in [3.8, 4) is 5.88 Å². The van der Waals surface area contributed by atoms with Crippen LogP contribution in [-0.2, 0) is 11.3 Å². The Morgan fingerprint density at radius 3 is 2.82 bits per heavy atom. The summed E-state index contributed by atoms with van der Waals surface area (Å²) in [6.07, 6.45) is 4.00. The number of hydrogen-bond donors (Lipinski definition) is 0. The molecule has 5 nitrogen and oxygen atoms in total. The van der Waals surface area contributed by atoms with Crippen LogP contribution in [0.3, 0.4) is 0 Å². The minimum Gasteiger partial charge on any atom is -0.480 e. The van der Waals surface area contributed by atoms with E-state index in [0.717, 1.165) is 24.9 Å². The molecule has 1 fully saturated rings. The van der Waals surface area contributed by atoms with Crippen LogP contribution in [0.1, 0.15) is 36.9 Å². The van der Waals surface area contributed by atoms with Crippen LogP contribution in [0, 0.1) is 0 Å². The van der Waals surface area contributed by atoms with Gasteiger partial charge in [0.25, 0.3) is 0 Å². The molecule has 1 saturated heterocycles. The summed E-state index contributed by atoms with van der Waals surface area (Å²) in [5.74, 6) is 0.731. The van der Waals surface area contributed by atoms with Crippen LogP contribution in [0.5, 0.6) is 5.88 Å². The molecule has 1 atom stereocenters. The van der Waals surface area contributed by atoms with Crippen molar-refractivity contribution < 1.29 is 9.53 Å². The van der Waals surface area contributed by atoms with Gasteiger partial charge in [-0.2, -0.15) is 0 Å². The van der Waals surface area contributed by atoms with Gasteiger partial charge >= 0.3 is 0 Å². The molecule has 0 bridgehead atoms. The van der Waals surface area contributed by atoms with Crippen molar-refractivity contribution in [1.29, 1.82) is 0 Å². The standard InChI is InChI=1S/C17H21N3O2/c1-13(21)20-10-6-9-16(20)15-12-19(18-17(15)22-2)11-14-7-4-3-5-8-14/h3-5,7-8,12,16H,6,9-11H2,1-2H3. The number of rotatable bonds is 4. The van der Waals surface area contributed by atoms with Gasteiger partial charge in [-0.15, -0.1) is 5.10 Å². The molecule has 0 radical (unpaired) electrons. The monoisotopic (exact) mass is 299 g/mol. The van der Waals surface area contributed by atoms with E-state index in [1.165, 1.54) is 5.56 Å². The fraction of sp³-hybridized carbons (Fsp3) is 0.412. The number of carbonyl (C=O) groups excluding carboxylic acids is 1. The second-order valence-corrected chi connectivity index (χ2v) is 5.65. The van der Waals surface area contributed by atoms with Crippen molar-refractivity contribution in [3.05, 3.63) is 47.7 Å². The lowest BCUT2D eigenvalue weighted by atomic mass is 10.1. The van der Waals surface area contributed by atoms with Gasteiger partial charge in [0.2, 0.25) is 11.8 Å². The quantitative estimate of drug-likeness (QED) is 0.872. The van der Waals surface area contributed by atoms with Crippen LogP contribution in [0.4, 0.5) is 0 Å². The van der Waals surface area contributed by atoms with E-state index in [-0.39, 0.29) is 11.9 Å². The Balaban J connectivity index is 1.87. The van der Waals surface area contributed by atoms with E-state index in [1.54, 1.807) is 14.0 Å². The molecular formula is C17H21N3O2. The molecule has 1 unspecified atom stereocenters. The number of benzene rings is 1. The molecule has 0 saturated carbocycles. The maximum absolute atomic E-state index is 11.8. The summed E-state index contributed by atoms with van der Waals surface area (Å²) < 4.78 is 7.32. The summed E-state index contributed by atoms with van der Waals surface area (Å²) in [5.41, 5.74) is 2.19. The van der Waals surface area contributed by atoms with Gasteiger partial charge < -0.3 is 9.64 Å². The fourth-order valence-electron chi connectivity index (χ4n) is 3.12. The Labute approximate surface area is 130 Å². The zero-order valence-electron chi connectivity index (χ0n) is 13.0. The molecule has 2 heterocycles. The Morgan fingerprint density at radius 1 is 1.36 bits per heavy atom. The molecule has 1 amide bonds. The highest BCUT2D eigenvalue weighted by atomic mass is 16.5. The SMILES string of the molecule is COc1nn(Cc2ccccc2)cc1C1CCCN1C(C)=O. The third kappa shape index (κ3) is 2.84. The Hall–Kier alpha value is -2.30. The third-order valence-corrected chi connectivity index (χ3v) is 4.15. The van der Waals surface area contributed by atoms with Gasteiger partial charge in [0.05, 0.1) is 25.3 Å². The van der Waals surface area contributed by atoms with Crippen molar-refractivity contribution in [1.82, 2.24) is 14.7 Å². The number of aromatic nitrogens is 2. The van der Waals surface area contributed by atoms with E-state index < -0.39 is 0 Å². The van der Waals surface area contributed by atoms with E-state index in [9.17, 15) is 4.79 Å². The number of carbonyl (C=O) groups is 1. The number of hydrogen-bond acceptors (Lipinski definition) is 3. The van der Waals surface area contributed by atoms with Gasteiger partial charge in [-0.05, 0) is 18.4 Å². The summed E-state index contributed by atoms with van der Waals surface area (Å²) in [6.45, 7) is 3.14. The fourth-order valence-corrected chi connectivity index (χ4v) is 3.12. The summed E-state index contributed by atoms with van der Waals surface area (Å²) >= 11 is 0. The smallest absolute Gasteiger partial charge is 0.237 e. The largest absolute Gasteiger partial charge is 0.480 e. The number of nitrogens with zero attached hydrogens (tertiary/aromatic N) is 3. The predicted molar refractivity (Wildman–Crippen MR) is 83.7 cm³/mol. The average Bonchev–Trinajstić information content (AvgIpc) is 3.14. The first kappa shape index (κ1) is 14.6. The first-order chi connectivity index (χ1) is 10.7. The van der Waals surface area contributed by atoms with Gasteiger partial charge in [0.1, 0.15) is 0 Å². The molecule has 1 aromatic carbocycles. The minimum absolute atomic E-state index is 0.0805. The van der Waals surface area contributed by atoms with E-state index >= 15 is 0 Å². The molecule has 0 aliphatic carbocycles. The molecule has 1 aromatic heterocycles. The third-order valence-electron chi connectivity index (χ3n) is 4.15. The van der Waals surface area contributed by atoms with Crippen LogP contribution < -0.4 is 4.74 Å². The minimum atomic E-state index is 0.0805. The van der Waals surface area contributed by atoms with Crippen LogP contribution in [0.25, 0.3) is 0 Å². The molecule has 1 aliphatic heterocycles. The maximum atomic E-state index is 11.8. The second kappa shape index (κ2) is 6.22. The van der Waals surface area contributed by atoms with E-state index in [1.807, 2.05) is 34.0 Å².